The minimum Gasteiger partial charge on any atom is -0.497 e. The molecule has 1 saturated heterocycles. The van der Waals surface area contributed by atoms with Crippen LogP contribution in [-0.2, 0) is 13.1 Å². The van der Waals surface area contributed by atoms with Gasteiger partial charge in [0, 0.05) is 39.3 Å². The Morgan fingerprint density at radius 1 is 0.971 bits per heavy atom. The van der Waals surface area contributed by atoms with Crippen LogP contribution >= 0.6 is 0 Å². The molecule has 7 nitrogen and oxygen atoms in total. The Labute approximate surface area is 204 Å². The third-order valence-electron chi connectivity index (χ3n) is 6.23. The minimum absolute atomic E-state index is 0.637. The number of benzene rings is 2. The van der Waals surface area contributed by atoms with E-state index < -0.39 is 5.60 Å². The third kappa shape index (κ3) is 7.87. The van der Waals surface area contributed by atoms with Gasteiger partial charge in [0.05, 0.1) is 26.4 Å². The van der Waals surface area contributed by atoms with Crippen molar-refractivity contribution in [1.29, 1.82) is 0 Å². The van der Waals surface area contributed by atoms with Crippen LogP contribution in [0.3, 0.4) is 0 Å². The smallest absolute Gasteiger partial charge is 0.161 e. The Hall–Kier alpha value is -2.32. The molecule has 1 heterocycles. The molecule has 1 fully saturated rings. The first kappa shape index (κ1) is 26.3. The monoisotopic (exact) mass is 471 g/mol. The summed E-state index contributed by atoms with van der Waals surface area (Å²) in [5, 5.41) is 11.2. The van der Waals surface area contributed by atoms with Crippen molar-refractivity contribution < 1.29 is 19.3 Å². The maximum absolute atomic E-state index is 11.2. The van der Waals surface area contributed by atoms with Crippen LogP contribution in [0.2, 0.25) is 0 Å². The lowest BCUT2D eigenvalue weighted by atomic mass is 10.0. The van der Waals surface area contributed by atoms with E-state index in [0.29, 0.717) is 19.7 Å². The van der Waals surface area contributed by atoms with E-state index >= 15 is 0 Å². The second kappa shape index (κ2) is 12.4. The molecule has 1 aliphatic heterocycles. The second-order valence-corrected chi connectivity index (χ2v) is 9.70. The number of likely N-dealkylation sites (tertiary alicyclic amines) is 1. The molecule has 0 aliphatic carbocycles. The van der Waals surface area contributed by atoms with Crippen LogP contribution in [0.15, 0.2) is 42.5 Å². The number of nitrogens with zero attached hydrogens (tertiary/aromatic N) is 3. The highest BCUT2D eigenvalue weighted by atomic mass is 16.5. The van der Waals surface area contributed by atoms with E-state index in [1.165, 1.54) is 5.56 Å². The molecule has 0 amide bonds. The summed E-state index contributed by atoms with van der Waals surface area (Å²) in [7, 11) is 9.54. The highest BCUT2D eigenvalue weighted by Gasteiger charge is 2.36. The predicted octanol–water partition coefficient (Wildman–Crippen LogP) is 3.10. The summed E-state index contributed by atoms with van der Waals surface area (Å²) in [6.45, 7) is 5.40. The van der Waals surface area contributed by atoms with Crippen LogP contribution in [0, 0.1) is 0 Å². The van der Waals surface area contributed by atoms with Crippen LogP contribution in [0.25, 0.3) is 0 Å². The van der Waals surface area contributed by atoms with Crippen LogP contribution < -0.4 is 14.2 Å². The molecule has 2 aromatic carbocycles. The lowest BCUT2D eigenvalue weighted by molar-refractivity contribution is 0.0162. The molecular weight excluding hydrogens is 430 g/mol. The summed E-state index contributed by atoms with van der Waals surface area (Å²) in [5.74, 6) is 2.40. The molecule has 1 atom stereocenters. The van der Waals surface area contributed by atoms with Crippen molar-refractivity contribution in [1.82, 2.24) is 14.7 Å². The summed E-state index contributed by atoms with van der Waals surface area (Å²) < 4.78 is 16.7. The summed E-state index contributed by atoms with van der Waals surface area (Å²) in [5.41, 5.74) is 1.66. The van der Waals surface area contributed by atoms with E-state index in [0.717, 1.165) is 61.8 Å². The second-order valence-electron chi connectivity index (χ2n) is 9.70. The lowest BCUT2D eigenvalue weighted by Crippen LogP contribution is -2.43. The zero-order valence-corrected chi connectivity index (χ0v) is 21.4. The van der Waals surface area contributed by atoms with Gasteiger partial charge < -0.3 is 24.2 Å². The third-order valence-corrected chi connectivity index (χ3v) is 6.23. The van der Waals surface area contributed by atoms with E-state index in [-0.39, 0.29) is 0 Å². The number of likely N-dealkylation sites (N-methyl/N-ethyl adjacent to an activating group) is 1. The minimum atomic E-state index is -0.708. The topological polar surface area (TPSA) is 57.6 Å². The van der Waals surface area contributed by atoms with E-state index in [4.69, 9.17) is 14.2 Å². The van der Waals surface area contributed by atoms with Gasteiger partial charge in [-0.25, -0.2) is 0 Å². The first-order valence-electron chi connectivity index (χ1n) is 12.0. The van der Waals surface area contributed by atoms with Crippen LogP contribution in [0.5, 0.6) is 17.2 Å². The van der Waals surface area contributed by atoms with Crippen molar-refractivity contribution in [3.63, 3.8) is 0 Å². The summed E-state index contributed by atoms with van der Waals surface area (Å²) >= 11 is 0. The number of hydrogen-bond donors (Lipinski definition) is 1. The Morgan fingerprint density at radius 2 is 1.71 bits per heavy atom. The first-order valence-corrected chi connectivity index (χ1v) is 12.0. The maximum atomic E-state index is 11.2. The highest BCUT2D eigenvalue weighted by Crippen LogP contribution is 2.30. The fourth-order valence-electron chi connectivity index (χ4n) is 4.56. The van der Waals surface area contributed by atoms with Gasteiger partial charge in [-0.15, -0.1) is 0 Å². The molecule has 188 valence electrons. The molecule has 1 aliphatic rings. The number of aliphatic hydroxyl groups is 1. The van der Waals surface area contributed by atoms with Gasteiger partial charge in [0.1, 0.15) is 5.75 Å². The highest BCUT2D eigenvalue weighted by molar-refractivity contribution is 5.43. The van der Waals surface area contributed by atoms with Crippen molar-refractivity contribution in [3.05, 3.63) is 53.6 Å². The Bertz CT molecular complexity index is 890. The Balaban J connectivity index is 1.50. The number of methoxy groups -OCH3 is 2. The average Bonchev–Trinajstić information content (AvgIpc) is 3.17. The summed E-state index contributed by atoms with van der Waals surface area (Å²) in [6, 6.07) is 14.2. The van der Waals surface area contributed by atoms with Crippen molar-refractivity contribution >= 4 is 0 Å². The zero-order chi connectivity index (χ0) is 24.6. The van der Waals surface area contributed by atoms with Gasteiger partial charge in [-0.3, -0.25) is 9.80 Å². The predicted molar refractivity (Wildman–Crippen MR) is 136 cm³/mol. The average molecular weight is 472 g/mol. The fraction of sp³-hybridized carbons (Fsp3) is 0.556. The molecular formula is C27H41N3O4. The lowest BCUT2D eigenvalue weighted by Gasteiger charge is -2.29. The Kier molecular flexibility index (Phi) is 9.59. The van der Waals surface area contributed by atoms with Crippen LogP contribution in [0.4, 0.5) is 0 Å². The quantitative estimate of drug-likeness (QED) is 0.451. The number of hydrogen-bond acceptors (Lipinski definition) is 7. The molecule has 7 heteroatoms. The van der Waals surface area contributed by atoms with E-state index in [1.54, 1.807) is 14.2 Å². The molecule has 0 unspecified atom stereocenters. The van der Waals surface area contributed by atoms with Gasteiger partial charge in [-0.05, 0) is 69.4 Å². The van der Waals surface area contributed by atoms with Crippen LogP contribution in [0.1, 0.15) is 24.0 Å². The summed E-state index contributed by atoms with van der Waals surface area (Å²) in [4.78, 5) is 6.65. The van der Waals surface area contributed by atoms with Gasteiger partial charge >= 0.3 is 0 Å². The SMILES string of the molecule is COc1ccc(CN(C)C[C@]2(O)CCN(Cc3ccc(OCCCN(C)C)c(OC)c3)C2)cc1. The molecule has 3 rings (SSSR count). The van der Waals surface area contributed by atoms with E-state index in [2.05, 4.69) is 60.1 Å². The van der Waals surface area contributed by atoms with E-state index in [9.17, 15) is 5.11 Å². The molecule has 0 spiro atoms. The van der Waals surface area contributed by atoms with E-state index in [1.807, 2.05) is 18.2 Å². The number of ether oxygens (including phenoxy) is 3. The molecule has 1 N–H and O–H groups in total. The zero-order valence-electron chi connectivity index (χ0n) is 21.4. The van der Waals surface area contributed by atoms with Crippen molar-refractivity contribution in [2.75, 3.05) is 68.1 Å². The molecule has 0 aromatic heterocycles. The van der Waals surface area contributed by atoms with Crippen molar-refractivity contribution in [3.8, 4) is 17.2 Å². The maximum Gasteiger partial charge on any atom is 0.161 e. The normalized spacial score (nSPS) is 18.6. The number of rotatable bonds is 13. The molecule has 0 radical (unpaired) electrons. The number of β-amino-alcohol motifs (C(OH)–C–C–N with tert-alkyl or cyclic N) is 1. The largest absolute Gasteiger partial charge is 0.497 e. The standard InChI is InChI=1S/C27H41N3O4/c1-28(2)14-6-16-34-25-12-9-23(17-26(25)33-5)19-30-15-13-27(31,21-30)20-29(3)18-22-7-10-24(32-4)11-8-22/h7-12,17,31H,6,13-16,18-21H2,1-5H3/t27-/m1/s1. The van der Waals surface area contributed by atoms with Crippen molar-refractivity contribution in [2.24, 2.45) is 0 Å². The molecule has 2 aromatic rings. The molecule has 34 heavy (non-hydrogen) atoms. The Morgan fingerprint density at radius 3 is 2.38 bits per heavy atom. The van der Waals surface area contributed by atoms with Gasteiger partial charge in [0.15, 0.2) is 11.5 Å². The molecule has 0 saturated carbocycles. The first-order chi connectivity index (χ1) is 16.3. The summed E-state index contributed by atoms with van der Waals surface area (Å²) in [6.07, 6.45) is 1.74. The van der Waals surface area contributed by atoms with Gasteiger partial charge in [-0.2, -0.15) is 0 Å². The van der Waals surface area contributed by atoms with Crippen molar-refractivity contribution in [2.45, 2.75) is 31.5 Å². The van der Waals surface area contributed by atoms with Gasteiger partial charge in [0.25, 0.3) is 0 Å². The van der Waals surface area contributed by atoms with Gasteiger partial charge in [0.2, 0.25) is 0 Å². The fourth-order valence-corrected chi connectivity index (χ4v) is 4.56. The van der Waals surface area contributed by atoms with Gasteiger partial charge in [-0.1, -0.05) is 18.2 Å². The molecule has 0 bridgehead atoms. The van der Waals surface area contributed by atoms with Crippen LogP contribution in [-0.4, -0.2) is 93.6 Å².